The topological polar surface area (TPSA) is 68.3 Å². The van der Waals surface area contributed by atoms with Crippen molar-refractivity contribution in [1.82, 2.24) is 9.97 Å². The summed E-state index contributed by atoms with van der Waals surface area (Å²) in [5.41, 5.74) is -0.154. The fourth-order valence-electron chi connectivity index (χ4n) is 2.74. The Labute approximate surface area is 158 Å². The van der Waals surface area contributed by atoms with Crippen molar-refractivity contribution >= 4 is 23.0 Å². The lowest BCUT2D eigenvalue weighted by Gasteiger charge is -2.19. The number of aromatic nitrogens is 2. The van der Waals surface area contributed by atoms with Crippen molar-refractivity contribution in [3.8, 4) is 11.5 Å². The number of halogens is 3. The molecule has 0 unspecified atom stereocenters. The van der Waals surface area contributed by atoms with Crippen molar-refractivity contribution in [2.24, 2.45) is 0 Å². The second-order valence-corrected chi connectivity index (χ2v) is 5.94. The van der Waals surface area contributed by atoms with Gasteiger partial charge in [-0.25, -0.2) is 9.97 Å². The first-order valence-electron chi connectivity index (χ1n) is 8.41. The molecule has 6 nitrogen and oxygen atoms in total. The fourth-order valence-corrected chi connectivity index (χ4v) is 2.74. The summed E-state index contributed by atoms with van der Waals surface area (Å²) >= 11 is 0. The summed E-state index contributed by atoms with van der Waals surface area (Å²) in [6.45, 7) is 0.969. The molecule has 0 amide bonds. The SMILES string of the molecule is FC(F)(F)c1ccccc1Nc1cc(Nc2ccc3c(c2)OCCO3)ncn1. The van der Waals surface area contributed by atoms with E-state index in [0.717, 1.165) is 6.07 Å². The Morgan fingerprint density at radius 1 is 0.821 bits per heavy atom. The molecular weight excluding hydrogens is 373 g/mol. The highest BCUT2D eigenvalue weighted by Gasteiger charge is 2.33. The molecule has 0 aliphatic carbocycles. The number of hydrogen-bond donors (Lipinski definition) is 2. The van der Waals surface area contributed by atoms with Crippen LogP contribution in [-0.2, 0) is 6.18 Å². The van der Waals surface area contributed by atoms with Crippen LogP contribution in [0.2, 0.25) is 0 Å². The van der Waals surface area contributed by atoms with Gasteiger partial charge >= 0.3 is 6.18 Å². The van der Waals surface area contributed by atoms with Gasteiger partial charge in [-0.1, -0.05) is 12.1 Å². The lowest BCUT2D eigenvalue weighted by atomic mass is 10.1. The summed E-state index contributed by atoms with van der Waals surface area (Å²) in [4.78, 5) is 8.10. The van der Waals surface area contributed by atoms with Crippen molar-refractivity contribution in [3.05, 3.63) is 60.4 Å². The van der Waals surface area contributed by atoms with Crippen LogP contribution in [0.4, 0.5) is 36.2 Å². The predicted octanol–water partition coefficient (Wildman–Crippen LogP) is 4.75. The number of hydrogen-bond acceptors (Lipinski definition) is 6. The molecule has 1 aliphatic heterocycles. The number of rotatable bonds is 4. The molecule has 0 saturated heterocycles. The summed E-state index contributed by atoms with van der Waals surface area (Å²) in [5.74, 6) is 1.92. The van der Waals surface area contributed by atoms with Crippen LogP contribution in [0.3, 0.4) is 0 Å². The molecule has 1 aromatic heterocycles. The summed E-state index contributed by atoms with van der Waals surface area (Å²) in [7, 11) is 0. The van der Waals surface area contributed by atoms with Crippen LogP contribution >= 0.6 is 0 Å². The normalized spacial score (nSPS) is 13.1. The van der Waals surface area contributed by atoms with Crippen LogP contribution in [0.5, 0.6) is 11.5 Å². The van der Waals surface area contributed by atoms with Gasteiger partial charge in [-0.3, -0.25) is 0 Å². The monoisotopic (exact) mass is 388 g/mol. The second kappa shape index (κ2) is 7.26. The predicted molar refractivity (Wildman–Crippen MR) is 97.5 cm³/mol. The molecule has 144 valence electrons. The highest BCUT2D eigenvalue weighted by molar-refractivity contribution is 5.66. The molecule has 2 heterocycles. The number of nitrogens with one attached hydrogen (secondary N) is 2. The highest BCUT2D eigenvalue weighted by atomic mass is 19.4. The lowest BCUT2D eigenvalue weighted by molar-refractivity contribution is -0.136. The highest BCUT2D eigenvalue weighted by Crippen LogP contribution is 2.36. The largest absolute Gasteiger partial charge is 0.486 e. The number of fused-ring (bicyclic) bond motifs is 1. The Morgan fingerprint density at radius 3 is 2.32 bits per heavy atom. The Balaban J connectivity index is 1.54. The Bertz CT molecular complexity index is 995. The molecule has 2 aromatic carbocycles. The van der Waals surface area contributed by atoms with E-state index in [-0.39, 0.29) is 11.5 Å². The molecular formula is C19H15F3N4O2. The zero-order valence-electron chi connectivity index (χ0n) is 14.5. The van der Waals surface area contributed by atoms with Crippen LogP contribution in [0.25, 0.3) is 0 Å². The summed E-state index contributed by atoms with van der Waals surface area (Å²) in [5, 5.41) is 5.78. The minimum absolute atomic E-state index is 0.0843. The first-order valence-corrected chi connectivity index (χ1v) is 8.41. The molecule has 1 aliphatic rings. The molecule has 0 fully saturated rings. The van der Waals surface area contributed by atoms with Crippen LogP contribution in [0.1, 0.15) is 5.56 Å². The summed E-state index contributed by atoms with van der Waals surface area (Å²) in [6, 6.07) is 12.1. The van der Waals surface area contributed by atoms with E-state index in [0.29, 0.717) is 36.2 Å². The van der Waals surface area contributed by atoms with Gasteiger partial charge < -0.3 is 20.1 Å². The zero-order chi connectivity index (χ0) is 19.6. The Morgan fingerprint density at radius 2 is 1.54 bits per heavy atom. The number of para-hydroxylation sites is 1. The van der Waals surface area contributed by atoms with Gasteiger partial charge in [-0.15, -0.1) is 0 Å². The zero-order valence-corrected chi connectivity index (χ0v) is 14.5. The van der Waals surface area contributed by atoms with E-state index in [2.05, 4.69) is 20.6 Å². The average molecular weight is 388 g/mol. The van der Waals surface area contributed by atoms with E-state index in [1.54, 1.807) is 18.2 Å². The first kappa shape index (κ1) is 17.9. The van der Waals surface area contributed by atoms with Crippen LogP contribution in [0, 0.1) is 0 Å². The first-order chi connectivity index (χ1) is 13.5. The van der Waals surface area contributed by atoms with Gasteiger partial charge in [0.1, 0.15) is 31.2 Å². The molecule has 0 saturated carbocycles. The van der Waals surface area contributed by atoms with Crippen LogP contribution in [-0.4, -0.2) is 23.2 Å². The van der Waals surface area contributed by atoms with Gasteiger partial charge in [0.05, 0.1) is 11.3 Å². The number of nitrogens with zero attached hydrogens (tertiary/aromatic N) is 2. The molecule has 3 aromatic rings. The van der Waals surface area contributed by atoms with E-state index in [1.807, 2.05) is 0 Å². The van der Waals surface area contributed by atoms with E-state index in [9.17, 15) is 13.2 Å². The van der Waals surface area contributed by atoms with E-state index in [4.69, 9.17) is 9.47 Å². The van der Waals surface area contributed by atoms with Crippen molar-refractivity contribution < 1.29 is 22.6 Å². The standard InChI is InChI=1S/C19H15F3N4O2/c20-19(21,22)13-3-1-2-4-14(13)26-18-10-17(23-11-24-18)25-12-5-6-15-16(9-12)28-8-7-27-15/h1-6,9-11H,7-8H2,(H2,23,24,25,26). The maximum Gasteiger partial charge on any atom is 0.418 e. The van der Waals surface area contributed by atoms with E-state index < -0.39 is 11.7 Å². The fraction of sp³-hybridized carbons (Fsp3) is 0.158. The van der Waals surface area contributed by atoms with Gasteiger partial charge in [0.15, 0.2) is 11.5 Å². The lowest BCUT2D eigenvalue weighted by Crippen LogP contribution is -2.15. The van der Waals surface area contributed by atoms with Crippen molar-refractivity contribution in [3.63, 3.8) is 0 Å². The second-order valence-electron chi connectivity index (χ2n) is 5.94. The van der Waals surface area contributed by atoms with Gasteiger partial charge in [0.2, 0.25) is 0 Å². The molecule has 0 spiro atoms. The minimum Gasteiger partial charge on any atom is -0.486 e. The van der Waals surface area contributed by atoms with Gasteiger partial charge in [0.25, 0.3) is 0 Å². The third-order valence-electron chi connectivity index (χ3n) is 3.98. The van der Waals surface area contributed by atoms with Crippen LogP contribution in [0.15, 0.2) is 54.9 Å². The quantitative estimate of drug-likeness (QED) is 0.672. The third-order valence-corrected chi connectivity index (χ3v) is 3.98. The summed E-state index contributed by atoms with van der Waals surface area (Å²) in [6.07, 6.45) is -3.21. The third kappa shape index (κ3) is 3.93. The van der Waals surface area contributed by atoms with Crippen molar-refractivity contribution in [2.75, 3.05) is 23.8 Å². The number of ether oxygens (including phenoxy) is 2. The molecule has 4 rings (SSSR count). The number of benzene rings is 2. The summed E-state index contributed by atoms with van der Waals surface area (Å²) < 4.78 is 50.5. The molecule has 0 bridgehead atoms. The maximum absolute atomic E-state index is 13.1. The number of alkyl halides is 3. The van der Waals surface area contributed by atoms with Gasteiger partial charge in [-0.05, 0) is 24.3 Å². The Kier molecular flexibility index (Phi) is 4.64. The minimum atomic E-state index is -4.47. The van der Waals surface area contributed by atoms with Crippen molar-refractivity contribution in [2.45, 2.75) is 6.18 Å². The average Bonchev–Trinajstić information content (AvgIpc) is 2.68. The smallest absolute Gasteiger partial charge is 0.418 e. The molecule has 9 heteroatoms. The van der Waals surface area contributed by atoms with Gasteiger partial charge in [-0.2, -0.15) is 13.2 Å². The maximum atomic E-state index is 13.1. The Hall–Kier alpha value is -3.49. The molecule has 0 radical (unpaired) electrons. The van der Waals surface area contributed by atoms with Crippen molar-refractivity contribution in [1.29, 1.82) is 0 Å². The van der Waals surface area contributed by atoms with E-state index in [1.165, 1.54) is 30.6 Å². The van der Waals surface area contributed by atoms with E-state index >= 15 is 0 Å². The molecule has 28 heavy (non-hydrogen) atoms. The van der Waals surface area contributed by atoms with Gasteiger partial charge in [0, 0.05) is 17.8 Å². The molecule has 2 N–H and O–H groups in total. The number of anilines is 4. The van der Waals surface area contributed by atoms with Crippen LogP contribution < -0.4 is 20.1 Å². The molecule has 0 atom stereocenters.